The Morgan fingerprint density at radius 1 is 0.394 bits per heavy atom. The number of hydrogen-bond donors (Lipinski definition) is 8. The van der Waals surface area contributed by atoms with Crippen LogP contribution in [0, 0.1) is 0 Å². The second-order valence-electron chi connectivity index (χ2n) is 25.3. The SMILES string of the molecule is CCN(CC)C(=O)c1cc(NC(=O)Nc2cc(C(=O)N(CC)CC)cc3c(=O)c4cc(C(C)(C)C)cc(NC(=O)N[C@@H](c5ccccc5)[C@@H](N)c5ccccc5)c4oc23)c2oc3c(NC(=O)N[C@@H](c4ccccc4)[C@@H](N)c4ccccc4)cc(C(C)(C)C)cc3c(=O)c2c1. The molecule has 0 saturated carbocycles. The highest BCUT2D eigenvalue weighted by Crippen LogP contribution is 2.39. The Hall–Kier alpha value is -10.6. The molecule has 10 N–H and O–H groups in total. The standard InChI is InChI=1S/C75H80N10O9/c1-11-84(12-2)69(88)47-35-51-63(86)53-39-49(74(5,6)7)41-57(80-72(91)82-61(45-31-23-17-24-32-45)59(76)43-27-19-15-20-28-43)67(53)93-65(51)55(37-47)78-71(90)79-56-38-48(70(89)85(13-3)14-4)36-52-64(87)54-40-50(75(8,9)10)42-58(68(54)94-66(52)56)81-73(92)83-62(46-33-25-18-26-34-46)60(77)44-29-21-16-22-30-44/h15-42,59-62H,11-14,76-77H2,1-10H3,(H2,78,79,90)(H2,80,82,91)(H2,81,83,92)/t59-,60-,61-,62-/m0/s1. The molecule has 8 aromatic carbocycles. The molecule has 2 aromatic heterocycles. The molecule has 10 aromatic rings. The maximum absolute atomic E-state index is 15.3. The van der Waals surface area contributed by atoms with Crippen LogP contribution in [0.2, 0.25) is 0 Å². The molecule has 0 aliphatic heterocycles. The predicted octanol–water partition coefficient (Wildman–Crippen LogP) is 14.5. The van der Waals surface area contributed by atoms with Crippen LogP contribution in [-0.2, 0) is 10.8 Å². The Kier molecular flexibility index (Phi) is 19.5. The van der Waals surface area contributed by atoms with Gasteiger partial charge >= 0.3 is 18.1 Å². The fourth-order valence-electron chi connectivity index (χ4n) is 11.7. The van der Waals surface area contributed by atoms with Crippen LogP contribution in [0.5, 0.6) is 0 Å². The van der Waals surface area contributed by atoms with Crippen molar-refractivity contribution in [3.63, 3.8) is 0 Å². The second kappa shape index (κ2) is 27.7. The Labute approximate surface area is 545 Å². The number of anilines is 4. The van der Waals surface area contributed by atoms with Gasteiger partial charge in [0.1, 0.15) is 0 Å². The molecule has 0 bridgehead atoms. The first-order chi connectivity index (χ1) is 44.9. The maximum atomic E-state index is 15.3. The molecule has 0 saturated heterocycles. The van der Waals surface area contributed by atoms with E-state index in [2.05, 4.69) is 31.9 Å². The normalized spacial score (nSPS) is 13.0. The van der Waals surface area contributed by atoms with Crippen molar-refractivity contribution in [3.05, 3.63) is 235 Å². The van der Waals surface area contributed by atoms with Gasteiger partial charge in [-0.3, -0.25) is 19.2 Å². The van der Waals surface area contributed by atoms with Gasteiger partial charge in [0.15, 0.2) is 22.3 Å². The van der Waals surface area contributed by atoms with Crippen molar-refractivity contribution >= 4 is 96.5 Å². The first-order valence-electron chi connectivity index (χ1n) is 31.6. The van der Waals surface area contributed by atoms with Crippen LogP contribution in [0.3, 0.4) is 0 Å². The van der Waals surface area contributed by atoms with E-state index in [1.807, 2.05) is 191 Å². The molecule has 484 valence electrons. The lowest BCUT2D eigenvalue weighted by Gasteiger charge is -2.26. The zero-order valence-corrected chi connectivity index (χ0v) is 54.5. The summed E-state index contributed by atoms with van der Waals surface area (Å²) < 4.78 is 13.5. The fourth-order valence-corrected chi connectivity index (χ4v) is 11.7. The predicted molar refractivity (Wildman–Crippen MR) is 374 cm³/mol. The largest absolute Gasteiger partial charge is 0.451 e. The number of nitrogens with one attached hydrogen (secondary N) is 6. The van der Waals surface area contributed by atoms with Crippen molar-refractivity contribution in [2.24, 2.45) is 11.5 Å². The average molecular weight is 1270 g/mol. The minimum Gasteiger partial charge on any atom is -0.451 e. The van der Waals surface area contributed by atoms with Gasteiger partial charge in [-0.1, -0.05) is 163 Å². The van der Waals surface area contributed by atoms with Crippen molar-refractivity contribution in [2.75, 3.05) is 47.4 Å². The Morgan fingerprint density at radius 2 is 0.670 bits per heavy atom. The van der Waals surface area contributed by atoms with Crippen molar-refractivity contribution in [2.45, 2.75) is 104 Å². The Bertz CT molecular complexity index is 4320. The van der Waals surface area contributed by atoms with Gasteiger partial charge in [0, 0.05) is 37.3 Å². The highest BCUT2D eigenvalue weighted by atomic mass is 16.3. The van der Waals surface area contributed by atoms with Crippen LogP contribution in [0.25, 0.3) is 43.9 Å². The molecule has 0 spiro atoms. The summed E-state index contributed by atoms with van der Waals surface area (Å²) in [5, 5.41) is 17.8. The second-order valence-corrected chi connectivity index (χ2v) is 25.3. The summed E-state index contributed by atoms with van der Waals surface area (Å²) in [5.74, 6) is -0.882. The molecule has 0 unspecified atom stereocenters. The van der Waals surface area contributed by atoms with Crippen LogP contribution >= 0.6 is 0 Å². The average Bonchev–Trinajstić information content (AvgIpc) is 0.748. The van der Waals surface area contributed by atoms with E-state index in [9.17, 15) is 19.2 Å². The quantitative estimate of drug-likeness (QED) is 0.0374. The minimum absolute atomic E-state index is 0.0415. The highest BCUT2D eigenvalue weighted by Gasteiger charge is 2.31. The van der Waals surface area contributed by atoms with Crippen molar-refractivity contribution in [1.29, 1.82) is 0 Å². The number of amides is 8. The van der Waals surface area contributed by atoms with E-state index in [4.69, 9.17) is 20.3 Å². The van der Waals surface area contributed by atoms with Crippen molar-refractivity contribution < 1.29 is 32.8 Å². The molecule has 4 atom stereocenters. The fraction of sp³-hybridized carbons (Fsp3) is 0.267. The van der Waals surface area contributed by atoms with E-state index >= 15 is 14.4 Å². The number of nitrogens with zero attached hydrogens (tertiary/aromatic N) is 2. The van der Waals surface area contributed by atoms with Crippen molar-refractivity contribution in [1.82, 2.24) is 20.4 Å². The lowest BCUT2D eigenvalue weighted by Crippen LogP contribution is -2.38. The molecule has 0 radical (unpaired) electrons. The molecule has 94 heavy (non-hydrogen) atoms. The smallest absolute Gasteiger partial charge is 0.323 e. The lowest BCUT2D eigenvalue weighted by molar-refractivity contribution is 0.0765. The molecule has 0 aliphatic rings. The zero-order valence-electron chi connectivity index (χ0n) is 54.5. The van der Waals surface area contributed by atoms with Gasteiger partial charge in [-0.2, -0.15) is 0 Å². The third-order valence-electron chi connectivity index (χ3n) is 17.0. The molecule has 8 amide bonds. The van der Waals surface area contributed by atoms with Gasteiger partial charge in [0.25, 0.3) is 11.8 Å². The van der Waals surface area contributed by atoms with Gasteiger partial charge in [-0.15, -0.1) is 0 Å². The molecule has 2 heterocycles. The number of carbonyl (C=O) groups excluding carboxylic acids is 5. The summed E-state index contributed by atoms with van der Waals surface area (Å²) >= 11 is 0. The molecule has 10 rings (SSSR count). The number of rotatable bonds is 18. The third kappa shape index (κ3) is 14.1. The minimum atomic E-state index is -0.974. The number of fused-ring (bicyclic) bond motifs is 4. The highest BCUT2D eigenvalue weighted by molar-refractivity contribution is 6.14. The van der Waals surface area contributed by atoms with Crippen LogP contribution < -0.4 is 54.2 Å². The van der Waals surface area contributed by atoms with Crippen LogP contribution in [0.15, 0.2) is 188 Å². The van der Waals surface area contributed by atoms with E-state index in [0.29, 0.717) is 37.3 Å². The van der Waals surface area contributed by atoms with E-state index in [1.165, 1.54) is 24.3 Å². The number of hydrogen-bond acceptors (Lipinski definition) is 11. The van der Waals surface area contributed by atoms with Gasteiger partial charge in [0.05, 0.1) is 68.5 Å². The van der Waals surface area contributed by atoms with Gasteiger partial charge < -0.3 is 62.0 Å². The summed E-state index contributed by atoms with van der Waals surface area (Å²) in [4.78, 5) is 107. The monoisotopic (exact) mass is 1260 g/mol. The molecular weight excluding hydrogens is 1180 g/mol. The van der Waals surface area contributed by atoms with E-state index in [1.54, 1.807) is 34.1 Å². The van der Waals surface area contributed by atoms with Crippen LogP contribution in [0.4, 0.5) is 37.1 Å². The van der Waals surface area contributed by atoms with Gasteiger partial charge in [-0.25, -0.2) is 14.4 Å². The summed E-state index contributed by atoms with van der Waals surface area (Å²) in [5.41, 5.74) is 15.6. The molecule has 0 fully saturated rings. The molecule has 19 heteroatoms. The number of carbonyl (C=O) groups is 5. The number of urea groups is 3. The van der Waals surface area contributed by atoms with Crippen molar-refractivity contribution in [3.8, 4) is 0 Å². The summed E-state index contributed by atoms with van der Waals surface area (Å²) in [6, 6.07) is 44.7. The first-order valence-corrected chi connectivity index (χ1v) is 31.6. The van der Waals surface area contributed by atoms with Crippen LogP contribution in [0.1, 0.15) is 148 Å². The number of nitrogens with two attached hydrogens (primary N) is 2. The first kappa shape index (κ1) is 66.3. The topological polar surface area (TPSA) is 276 Å². The molecule has 0 aliphatic carbocycles. The van der Waals surface area contributed by atoms with Crippen LogP contribution in [-0.4, -0.2) is 65.9 Å². The third-order valence-corrected chi connectivity index (χ3v) is 17.0. The maximum Gasteiger partial charge on any atom is 0.323 e. The van der Waals surface area contributed by atoms with Gasteiger partial charge in [0.2, 0.25) is 10.9 Å². The summed E-state index contributed by atoms with van der Waals surface area (Å²) in [6.07, 6.45) is 0. The van der Waals surface area contributed by atoms with E-state index in [0.717, 1.165) is 22.3 Å². The number of benzene rings is 8. The Morgan fingerprint density at radius 3 is 0.968 bits per heavy atom. The van der Waals surface area contributed by atoms with E-state index < -0.39 is 75.8 Å². The Balaban J connectivity index is 1.10. The molecule has 19 nitrogen and oxygen atoms in total. The summed E-state index contributed by atoms with van der Waals surface area (Å²) in [6.45, 7) is 20.3. The molecular formula is C75H80N10O9. The lowest BCUT2D eigenvalue weighted by atomic mass is 9.86. The zero-order chi connectivity index (χ0) is 67.3. The summed E-state index contributed by atoms with van der Waals surface area (Å²) in [7, 11) is 0. The van der Waals surface area contributed by atoms with Gasteiger partial charge in [-0.05, 0) is 120 Å². The van der Waals surface area contributed by atoms with E-state index in [-0.39, 0.29) is 77.8 Å².